The second kappa shape index (κ2) is 5.10. The lowest BCUT2D eigenvalue weighted by Crippen LogP contribution is -2.07. The van der Waals surface area contributed by atoms with Crippen LogP contribution in [0.1, 0.15) is 5.69 Å². The van der Waals surface area contributed by atoms with E-state index in [0.29, 0.717) is 0 Å². The van der Waals surface area contributed by atoms with Crippen LogP contribution in [0.2, 0.25) is 5.02 Å². The van der Waals surface area contributed by atoms with Gasteiger partial charge in [0.05, 0.1) is 27.8 Å². The lowest BCUT2D eigenvalue weighted by molar-refractivity contribution is 0.483. The van der Waals surface area contributed by atoms with Gasteiger partial charge in [-0.2, -0.15) is 12.8 Å². The summed E-state index contributed by atoms with van der Waals surface area (Å²) in [4.78, 5) is 6.35. The second-order valence-corrected chi connectivity index (χ2v) is 5.96. The predicted octanol–water partition coefficient (Wildman–Crippen LogP) is 1.66. The number of nitrogens with zero attached hydrogens (tertiary/aromatic N) is 2. The average molecular weight is 333 g/mol. The number of aromatic nitrogens is 2. The van der Waals surface area contributed by atoms with Gasteiger partial charge in [-0.05, 0) is 19.1 Å². The molecule has 1 aromatic carbocycles. The monoisotopic (exact) mass is 332 g/mol. The van der Waals surface area contributed by atoms with E-state index in [1.165, 1.54) is 13.0 Å². The highest BCUT2D eigenvalue weighted by atomic mass is 35.5. The zero-order valence-electron chi connectivity index (χ0n) is 10.6. The van der Waals surface area contributed by atoms with Gasteiger partial charge in [-0.25, -0.2) is 9.97 Å². The first-order valence-electron chi connectivity index (χ1n) is 5.47. The van der Waals surface area contributed by atoms with Crippen LogP contribution in [0.15, 0.2) is 17.0 Å². The van der Waals surface area contributed by atoms with Crippen LogP contribution in [0, 0.1) is 13.0 Å². The van der Waals surface area contributed by atoms with Crippen molar-refractivity contribution in [2.75, 3.05) is 11.5 Å². The Kier molecular flexibility index (Phi) is 3.74. The summed E-state index contributed by atoms with van der Waals surface area (Å²) in [7, 11) is -4.60. The first kappa shape index (κ1) is 15.4. The van der Waals surface area contributed by atoms with E-state index in [-0.39, 0.29) is 33.3 Å². The highest BCUT2D eigenvalue weighted by Crippen LogP contribution is 2.34. The highest BCUT2D eigenvalue weighted by Gasteiger charge is 2.20. The lowest BCUT2D eigenvalue weighted by atomic mass is 10.1. The van der Waals surface area contributed by atoms with Crippen molar-refractivity contribution in [2.24, 2.45) is 0 Å². The number of nitrogen functional groups attached to an aromatic ring is 2. The fourth-order valence-electron chi connectivity index (χ4n) is 1.71. The summed E-state index contributed by atoms with van der Waals surface area (Å²) in [5.74, 6) is 0. The number of halogens is 2. The molecule has 10 heteroatoms. The van der Waals surface area contributed by atoms with Crippen molar-refractivity contribution in [2.45, 2.75) is 11.8 Å². The number of aryl methyl sites for hydroxylation is 1. The summed E-state index contributed by atoms with van der Waals surface area (Å²) < 4.78 is 45.0. The van der Waals surface area contributed by atoms with E-state index in [1.54, 1.807) is 0 Å². The van der Waals surface area contributed by atoms with Gasteiger partial charge in [0, 0.05) is 5.56 Å². The fourth-order valence-corrected chi connectivity index (χ4v) is 2.58. The maximum atomic E-state index is 13.3. The number of anilines is 2. The Labute approximate surface area is 124 Å². The molecule has 0 aliphatic carbocycles. The summed E-state index contributed by atoms with van der Waals surface area (Å²) in [5, 5.41) is 0.0295. The highest BCUT2D eigenvalue weighted by molar-refractivity contribution is 7.86. The third kappa shape index (κ3) is 2.89. The maximum absolute atomic E-state index is 13.3. The quantitative estimate of drug-likeness (QED) is 0.432. The Bertz CT molecular complexity index is 842. The Morgan fingerprint density at radius 2 is 1.90 bits per heavy atom. The van der Waals surface area contributed by atoms with Crippen molar-refractivity contribution in [3.63, 3.8) is 0 Å². The van der Waals surface area contributed by atoms with Gasteiger partial charge < -0.3 is 11.5 Å². The lowest BCUT2D eigenvalue weighted by Gasteiger charge is -2.11. The molecular weight excluding hydrogens is 323 g/mol. The van der Waals surface area contributed by atoms with Gasteiger partial charge in [-0.1, -0.05) is 11.6 Å². The number of hydrogen-bond donors (Lipinski definition) is 3. The van der Waals surface area contributed by atoms with Gasteiger partial charge in [0.15, 0.2) is 0 Å². The van der Waals surface area contributed by atoms with Crippen molar-refractivity contribution < 1.29 is 17.4 Å². The van der Waals surface area contributed by atoms with E-state index in [1.807, 2.05) is 0 Å². The van der Waals surface area contributed by atoms with Crippen molar-refractivity contribution in [3.05, 3.63) is 28.9 Å². The van der Waals surface area contributed by atoms with E-state index >= 15 is 0 Å². The number of benzene rings is 1. The molecule has 2 aromatic rings. The zero-order valence-corrected chi connectivity index (χ0v) is 12.2. The summed E-state index contributed by atoms with van der Waals surface area (Å²) in [6, 6.07) is 2.28. The molecule has 112 valence electrons. The molecule has 21 heavy (non-hydrogen) atoms. The molecule has 0 unspecified atom stereocenters. The van der Waals surface area contributed by atoms with Gasteiger partial charge >= 0.3 is 6.08 Å². The number of rotatable bonds is 2. The first-order valence-corrected chi connectivity index (χ1v) is 7.29. The molecule has 2 rings (SSSR count). The SMILES string of the molecule is Cc1nc(F)nc(-c2cc(N)c(N)c(S(=O)(=O)O)c2)c1Cl. The summed E-state index contributed by atoms with van der Waals surface area (Å²) >= 11 is 5.98. The van der Waals surface area contributed by atoms with Crippen LogP contribution in [-0.4, -0.2) is 22.9 Å². The largest absolute Gasteiger partial charge is 0.397 e. The predicted molar refractivity (Wildman–Crippen MR) is 75.8 cm³/mol. The summed E-state index contributed by atoms with van der Waals surface area (Å²) in [6.45, 7) is 1.46. The number of nitrogens with two attached hydrogens (primary N) is 2. The molecule has 0 saturated carbocycles. The van der Waals surface area contributed by atoms with Crippen LogP contribution >= 0.6 is 11.6 Å². The van der Waals surface area contributed by atoms with E-state index < -0.39 is 21.1 Å². The Hall–Kier alpha value is -1.97. The fraction of sp³-hybridized carbons (Fsp3) is 0.0909. The molecule has 0 radical (unpaired) electrons. The second-order valence-electron chi connectivity index (χ2n) is 4.19. The minimum atomic E-state index is -4.60. The van der Waals surface area contributed by atoms with E-state index in [0.717, 1.165) is 6.07 Å². The van der Waals surface area contributed by atoms with Crippen LogP contribution in [0.3, 0.4) is 0 Å². The first-order chi connectivity index (χ1) is 9.61. The van der Waals surface area contributed by atoms with Crippen LogP contribution in [0.25, 0.3) is 11.3 Å². The standard InChI is InChI=1S/C11H10ClFN4O3S/c1-4-8(12)10(17-11(13)16-4)5-2-6(14)9(15)7(3-5)21(18,19)20/h2-3H,14-15H2,1H3,(H,18,19,20). The molecule has 0 aliphatic rings. The molecule has 0 bridgehead atoms. The van der Waals surface area contributed by atoms with Gasteiger partial charge in [0.1, 0.15) is 4.90 Å². The zero-order chi connectivity index (χ0) is 15.9. The van der Waals surface area contributed by atoms with Crippen LogP contribution in [0.4, 0.5) is 15.8 Å². The molecular formula is C11H10ClFN4O3S. The minimum Gasteiger partial charge on any atom is -0.397 e. The Morgan fingerprint density at radius 1 is 1.29 bits per heavy atom. The average Bonchev–Trinajstić information content (AvgIpc) is 2.35. The topological polar surface area (TPSA) is 132 Å². The molecule has 7 nitrogen and oxygen atoms in total. The van der Waals surface area contributed by atoms with Crippen LogP contribution < -0.4 is 11.5 Å². The molecule has 0 saturated heterocycles. The Balaban J connectivity index is 2.81. The van der Waals surface area contributed by atoms with E-state index in [9.17, 15) is 12.8 Å². The molecule has 1 heterocycles. The smallest absolute Gasteiger partial charge is 0.309 e. The van der Waals surface area contributed by atoms with Crippen molar-refractivity contribution >= 4 is 33.1 Å². The van der Waals surface area contributed by atoms with Crippen molar-refractivity contribution in [3.8, 4) is 11.3 Å². The summed E-state index contributed by atoms with van der Waals surface area (Å²) in [6.07, 6.45) is -1.03. The van der Waals surface area contributed by atoms with Crippen molar-refractivity contribution in [1.29, 1.82) is 0 Å². The minimum absolute atomic E-state index is 0.0295. The third-order valence-electron chi connectivity index (χ3n) is 2.71. The molecule has 0 aliphatic heterocycles. The Morgan fingerprint density at radius 3 is 2.48 bits per heavy atom. The van der Waals surface area contributed by atoms with Crippen molar-refractivity contribution in [1.82, 2.24) is 9.97 Å². The van der Waals surface area contributed by atoms with Crippen LogP contribution in [0.5, 0.6) is 0 Å². The molecule has 0 fully saturated rings. The molecule has 0 atom stereocenters. The van der Waals surface area contributed by atoms with Gasteiger partial charge in [-0.15, -0.1) is 0 Å². The van der Waals surface area contributed by atoms with Crippen LogP contribution in [-0.2, 0) is 10.1 Å². The van der Waals surface area contributed by atoms with E-state index in [2.05, 4.69) is 9.97 Å². The normalized spacial score (nSPS) is 11.6. The van der Waals surface area contributed by atoms with Gasteiger partial charge in [-0.3, -0.25) is 4.55 Å². The van der Waals surface area contributed by atoms with E-state index in [4.69, 9.17) is 27.6 Å². The summed E-state index contributed by atoms with van der Waals surface area (Å²) in [5.41, 5.74) is 10.9. The molecule has 0 spiro atoms. The molecule has 0 amide bonds. The molecule has 5 N–H and O–H groups in total. The van der Waals surface area contributed by atoms with Gasteiger partial charge in [0.25, 0.3) is 10.1 Å². The molecule has 1 aromatic heterocycles. The third-order valence-corrected chi connectivity index (χ3v) is 4.06. The number of hydrogen-bond acceptors (Lipinski definition) is 6. The van der Waals surface area contributed by atoms with Gasteiger partial charge in [0.2, 0.25) is 0 Å². The maximum Gasteiger partial charge on any atom is 0.309 e.